The lowest BCUT2D eigenvalue weighted by Gasteiger charge is -2.24. The van der Waals surface area contributed by atoms with Gasteiger partial charge in [0.15, 0.2) is 0 Å². The first kappa shape index (κ1) is 15.4. The van der Waals surface area contributed by atoms with Crippen molar-refractivity contribution in [1.82, 2.24) is 10.2 Å². The van der Waals surface area contributed by atoms with E-state index in [9.17, 15) is 14.4 Å². The van der Waals surface area contributed by atoms with E-state index in [0.29, 0.717) is 19.5 Å². The molecule has 0 aliphatic heterocycles. The van der Waals surface area contributed by atoms with Crippen LogP contribution in [0.2, 0.25) is 0 Å². The molecule has 0 saturated heterocycles. The van der Waals surface area contributed by atoms with E-state index in [2.05, 4.69) is 5.32 Å². The van der Waals surface area contributed by atoms with Gasteiger partial charge in [0, 0.05) is 33.0 Å². The molecule has 1 unspecified atom stereocenters. The summed E-state index contributed by atoms with van der Waals surface area (Å²) in [5.74, 6) is -1.81. The number of nitrogens with zero attached hydrogens (tertiary/aromatic N) is 1. The third-order valence-electron chi connectivity index (χ3n) is 2.33. The van der Waals surface area contributed by atoms with E-state index >= 15 is 0 Å². The molecule has 0 aromatic heterocycles. The summed E-state index contributed by atoms with van der Waals surface area (Å²) in [5, 5.41) is 11.4. The van der Waals surface area contributed by atoms with Gasteiger partial charge in [0.05, 0.1) is 5.92 Å². The largest absolute Gasteiger partial charge is 0.481 e. The highest BCUT2D eigenvalue weighted by Crippen LogP contribution is 2.02. The Hall–Kier alpha value is -1.59. The van der Waals surface area contributed by atoms with E-state index in [4.69, 9.17) is 5.11 Å². The molecular formula is C11H20N2O4. The van der Waals surface area contributed by atoms with Crippen molar-refractivity contribution >= 4 is 17.8 Å². The van der Waals surface area contributed by atoms with E-state index in [1.54, 1.807) is 13.8 Å². The molecule has 6 nitrogen and oxygen atoms in total. The van der Waals surface area contributed by atoms with E-state index < -0.39 is 11.9 Å². The Morgan fingerprint density at radius 2 is 1.94 bits per heavy atom. The molecule has 0 fully saturated rings. The maximum atomic E-state index is 11.6. The minimum atomic E-state index is -0.932. The molecule has 2 amide bonds. The van der Waals surface area contributed by atoms with E-state index in [1.165, 1.54) is 11.8 Å². The number of carboxylic acid groups (broad SMARTS) is 1. The van der Waals surface area contributed by atoms with Crippen LogP contribution in [-0.2, 0) is 14.4 Å². The number of carbonyl (C=O) groups excluding carboxylic acids is 2. The van der Waals surface area contributed by atoms with Crippen molar-refractivity contribution < 1.29 is 19.5 Å². The second-order valence-corrected chi connectivity index (χ2v) is 3.92. The number of hydrogen-bond acceptors (Lipinski definition) is 3. The first-order valence-corrected chi connectivity index (χ1v) is 5.63. The van der Waals surface area contributed by atoms with Gasteiger partial charge < -0.3 is 15.3 Å². The summed E-state index contributed by atoms with van der Waals surface area (Å²) in [7, 11) is 0. The summed E-state index contributed by atoms with van der Waals surface area (Å²) in [6, 6.07) is 0. The molecule has 0 saturated carbocycles. The fourth-order valence-corrected chi connectivity index (χ4v) is 1.32. The molecule has 0 spiro atoms. The maximum absolute atomic E-state index is 11.6. The van der Waals surface area contributed by atoms with Gasteiger partial charge in [0.2, 0.25) is 11.8 Å². The highest BCUT2D eigenvalue weighted by Gasteiger charge is 2.19. The maximum Gasteiger partial charge on any atom is 0.308 e. The molecule has 0 aliphatic carbocycles. The van der Waals surface area contributed by atoms with E-state index in [0.717, 1.165) is 0 Å². The second-order valence-electron chi connectivity index (χ2n) is 3.92. The smallest absolute Gasteiger partial charge is 0.308 e. The standard InChI is InChI=1S/C11H20N2O4/c1-4-10(15)13(6-5-12-9(3)14)7-8(2)11(16)17/h8H,4-7H2,1-3H3,(H,12,14)(H,16,17). The molecule has 17 heavy (non-hydrogen) atoms. The lowest BCUT2D eigenvalue weighted by molar-refractivity contribution is -0.143. The molecule has 0 aromatic rings. The predicted molar refractivity (Wildman–Crippen MR) is 62.4 cm³/mol. The van der Waals surface area contributed by atoms with Crippen LogP contribution in [-0.4, -0.2) is 47.4 Å². The van der Waals surface area contributed by atoms with Crippen LogP contribution >= 0.6 is 0 Å². The van der Waals surface area contributed by atoms with Crippen LogP contribution in [0, 0.1) is 5.92 Å². The Morgan fingerprint density at radius 1 is 1.35 bits per heavy atom. The number of amides is 2. The zero-order valence-electron chi connectivity index (χ0n) is 10.5. The van der Waals surface area contributed by atoms with E-state index in [1.807, 2.05) is 0 Å². The summed E-state index contributed by atoms with van der Waals surface area (Å²) in [6.07, 6.45) is 0.326. The minimum Gasteiger partial charge on any atom is -0.481 e. The number of carbonyl (C=O) groups is 3. The second kappa shape index (κ2) is 7.65. The number of carboxylic acids is 1. The van der Waals surface area contributed by atoms with Crippen LogP contribution < -0.4 is 5.32 Å². The van der Waals surface area contributed by atoms with Gasteiger partial charge in [0.1, 0.15) is 0 Å². The predicted octanol–water partition coefficient (Wildman–Crippen LogP) is 0.0818. The van der Waals surface area contributed by atoms with Gasteiger partial charge in [-0.25, -0.2) is 0 Å². The van der Waals surface area contributed by atoms with Crippen LogP contribution in [0.1, 0.15) is 27.2 Å². The average Bonchev–Trinajstić information content (AvgIpc) is 2.25. The van der Waals surface area contributed by atoms with Gasteiger partial charge in [-0.3, -0.25) is 14.4 Å². The zero-order valence-corrected chi connectivity index (χ0v) is 10.5. The molecule has 0 heterocycles. The Balaban J connectivity index is 4.28. The summed E-state index contributed by atoms with van der Waals surface area (Å²) in [5.41, 5.74) is 0. The van der Waals surface area contributed by atoms with Gasteiger partial charge in [-0.05, 0) is 0 Å². The quantitative estimate of drug-likeness (QED) is 0.664. The highest BCUT2D eigenvalue weighted by atomic mass is 16.4. The molecule has 0 bridgehead atoms. The fourth-order valence-electron chi connectivity index (χ4n) is 1.32. The van der Waals surface area contributed by atoms with Gasteiger partial charge in [0.25, 0.3) is 0 Å². The van der Waals surface area contributed by atoms with Gasteiger partial charge in [-0.2, -0.15) is 0 Å². The van der Waals surface area contributed by atoms with Crippen molar-refractivity contribution in [2.24, 2.45) is 5.92 Å². The van der Waals surface area contributed by atoms with Crippen LogP contribution in [0.25, 0.3) is 0 Å². The van der Waals surface area contributed by atoms with Crippen LogP contribution in [0.4, 0.5) is 0 Å². The first-order chi connectivity index (χ1) is 7.88. The minimum absolute atomic E-state index is 0.108. The third kappa shape index (κ3) is 6.55. The Kier molecular flexibility index (Phi) is 6.93. The molecular weight excluding hydrogens is 224 g/mol. The van der Waals surface area contributed by atoms with Crippen molar-refractivity contribution in [2.45, 2.75) is 27.2 Å². The average molecular weight is 244 g/mol. The molecule has 1 atom stereocenters. The Labute approximate surface area is 101 Å². The summed E-state index contributed by atoms with van der Waals surface area (Å²) in [4.78, 5) is 34.4. The molecule has 2 N–H and O–H groups in total. The zero-order chi connectivity index (χ0) is 13.4. The molecule has 0 rings (SSSR count). The number of rotatable bonds is 7. The van der Waals surface area contributed by atoms with Crippen molar-refractivity contribution in [2.75, 3.05) is 19.6 Å². The highest BCUT2D eigenvalue weighted by molar-refractivity contribution is 5.77. The molecule has 0 radical (unpaired) electrons. The third-order valence-corrected chi connectivity index (χ3v) is 2.33. The van der Waals surface area contributed by atoms with Crippen LogP contribution in [0.5, 0.6) is 0 Å². The molecule has 6 heteroatoms. The SMILES string of the molecule is CCC(=O)N(CCNC(C)=O)CC(C)C(=O)O. The lowest BCUT2D eigenvalue weighted by atomic mass is 10.1. The fraction of sp³-hybridized carbons (Fsp3) is 0.727. The monoisotopic (exact) mass is 244 g/mol. The van der Waals surface area contributed by atoms with Crippen molar-refractivity contribution in [3.8, 4) is 0 Å². The number of hydrogen-bond donors (Lipinski definition) is 2. The van der Waals surface area contributed by atoms with Crippen LogP contribution in [0.3, 0.4) is 0 Å². The number of nitrogens with one attached hydrogen (secondary N) is 1. The summed E-state index contributed by atoms with van der Waals surface area (Å²) < 4.78 is 0. The first-order valence-electron chi connectivity index (χ1n) is 5.63. The Bertz CT molecular complexity index is 291. The van der Waals surface area contributed by atoms with Crippen molar-refractivity contribution in [3.05, 3.63) is 0 Å². The summed E-state index contributed by atoms with van der Waals surface area (Å²) in [6.45, 7) is 5.51. The molecule has 98 valence electrons. The normalized spacial score (nSPS) is 11.7. The number of aliphatic carboxylic acids is 1. The topological polar surface area (TPSA) is 86.7 Å². The van der Waals surface area contributed by atoms with Gasteiger partial charge in [-0.15, -0.1) is 0 Å². The van der Waals surface area contributed by atoms with E-state index in [-0.39, 0.29) is 18.4 Å². The lowest BCUT2D eigenvalue weighted by Crippen LogP contribution is -2.41. The van der Waals surface area contributed by atoms with Gasteiger partial charge in [-0.1, -0.05) is 13.8 Å². The van der Waals surface area contributed by atoms with Gasteiger partial charge >= 0.3 is 5.97 Å². The van der Waals surface area contributed by atoms with Crippen molar-refractivity contribution in [1.29, 1.82) is 0 Å². The molecule has 0 aliphatic rings. The summed E-state index contributed by atoms with van der Waals surface area (Å²) >= 11 is 0. The van der Waals surface area contributed by atoms with Crippen molar-refractivity contribution in [3.63, 3.8) is 0 Å². The molecule has 0 aromatic carbocycles. The Morgan fingerprint density at radius 3 is 2.35 bits per heavy atom. The van der Waals surface area contributed by atoms with Crippen LogP contribution in [0.15, 0.2) is 0 Å².